The van der Waals surface area contributed by atoms with Gasteiger partial charge < -0.3 is 5.32 Å². The second-order valence-electron chi connectivity index (χ2n) is 6.26. The van der Waals surface area contributed by atoms with Gasteiger partial charge in [-0.25, -0.2) is 13.1 Å². The van der Waals surface area contributed by atoms with Crippen molar-refractivity contribution in [3.05, 3.63) is 28.2 Å². The highest BCUT2D eigenvalue weighted by Crippen LogP contribution is 2.26. The molecule has 1 saturated carbocycles. The van der Waals surface area contributed by atoms with E-state index in [2.05, 4.69) is 26.0 Å². The molecule has 0 saturated heterocycles. The van der Waals surface area contributed by atoms with Gasteiger partial charge in [0.15, 0.2) is 0 Å². The van der Waals surface area contributed by atoms with E-state index in [0.29, 0.717) is 22.0 Å². The van der Waals surface area contributed by atoms with Crippen molar-refractivity contribution in [3.8, 4) is 0 Å². The van der Waals surface area contributed by atoms with Crippen molar-refractivity contribution >= 4 is 26.0 Å². The Morgan fingerprint density at radius 2 is 2.00 bits per heavy atom. The second kappa shape index (κ2) is 6.36. The molecule has 1 aliphatic rings. The molecule has 118 valence electrons. The summed E-state index contributed by atoms with van der Waals surface area (Å²) in [5.41, 5.74) is 0.528. The van der Waals surface area contributed by atoms with Crippen molar-refractivity contribution in [3.63, 3.8) is 0 Å². The average molecular weight is 375 g/mol. The van der Waals surface area contributed by atoms with Gasteiger partial charge in [-0.1, -0.05) is 13.0 Å². The van der Waals surface area contributed by atoms with Gasteiger partial charge in [-0.15, -0.1) is 0 Å². The van der Waals surface area contributed by atoms with Crippen LogP contribution in [-0.4, -0.2) is 20.0 Å². The molecule has 4 nitrogen and oxygen atoms in total. The van der Waals surface area contributed by atoms with E-state index in [1.54, 1.807) is 12.1 Å². The molecule has 6 heteroatoms. The molecule has 1 aliphatic carbocycles. The lowest BCUT2D eigenvalue weighted by Crippen LogP contribution is -2.42. The predicted molar refractivity (Wildman–Crippen MR) is 88.7 cm³/mol. The predicted octanol–water partition coefficient (Wildman–Crippen LogP) is 3.17. The zero-order valence-electron chi connectivity index (χ0n) is 12.7. The van der Waals surface area contributed by atoms with Crippen LogP contribution in [0.4, 0.5) is 0 Å². The lowest BCUT2D eigenvalue weighted by molar-refractivity contribution is 0.439. The number of hydrogen-bond acceptors (Lipinski definition) is 3. The van der Waals surface area contributed by atoms with E-state index in [-0.39, 0.29) is 0 Å². The summed E-state index contributed by atoms with van der Waals surface area (Å²) >= 11 is 3.35. The summed E-state index contributed by atoms with van der Waals surface area (Å²) in [6.45, 7) is 6.44. The van der Waals surface area contributed by atoms with E-state index in [9.17, 15) is 8.42 Å². The van der Waals surface area contributed by atoms with Gasteiger partial charge in [-0.05, 0) is 66.7 Å². The molecule has 0 aromatic heterocycles. The van der Waals surface area contributed by atoms with Gasteiger partial charge in [-0.2, -0.15) is 0 Å². The Hall–Kier alpha value is -0.430. The molecule has 1 fully saturated rings. The fraction of sp³-hybridized carbons (Fsp3) is 0.600. The maximum Gasteiger partial charge on any atom is 0.242 e. The third-order valence-electron chi connectivity index (χ3n) is 3.75. The van der Waals surface area contributed by atoms with Crippen LogP contribution in [0.15, 0.2) is 27.6 Å². The number of sulfonamides is 1. The van der Waals surface area contributed by atoms with Crippen molar-refractivity contribution in [1.29, 1.82) is 0 Å². The van der Waals surface area contributed by atoms with E-state index in [4.69, 9.17) is 0 Å². The largest absolute Gasteiger partial charge is 0.310 e. The maximum absolute atomic E-state index is 12.6. The van der Waals surface area contributed by atoms with Crippen molar-refractivity contribution in [2.75, 3.05) is 0 Å². The monoisotopic (exact) mass is 374 g/mol. The van der Waals surface area contributed by atoms with Crippen molar-refractivity contribution < 1.29 is 8.42 Å². The number of benzene rings is 1. The molecule has 2 rings (SSSR count). The van der Waals surface area contributed by atoms with Crippen molar-refractivity contribution in [2.24, 2.45) is 0 Å². The van der Waals surface area contributed by atoms with E-state index in [1.807, 2.05) is 26.8 Å². The molecule has 0 spiro atoms. The zero-order valence-corrected chi connectivity index (χ0v) is 15.1. The fourth-order valence-electron chi connectivity index (χ4n) is 1.90. The normalized spacial score (nSPS) is 16.2. The summed E-state index contributed by atoms with van der Waals surface area (Å²) in [6, 6.07) is 6.10. The van der Waals surface area contributed by atoms with Crippen LogP contribution in [0, 0.1) is 0 Å². The summed E-state index contributed by atoms with van der Waals surface area (Å²) in [4.78, 5) is 0.305. The molecule has 0 heterocycles. The smallest absolute Gasteiger partial charge is 0.242 e. The highest BCUT2D eigenvalue weighted by Gasteiger charge is 2.26. The summed E-state index contributed by atoms with van der Waals surface area (Å²) in [7, 11) is -3.53. The Bertz CT molecular complexity index is 610. The molecule has 0 amide bonds. The van der Waals surface area contributed by atoms with Gasteiger partial charge in [-0.3, -0.25) is 0 Å². The Balaban J connectivity index is 2.21. The van der Waals surface area contributed by atoms with Gasteiger partial charge in [0.1, 0.15) is 0 Å². The highest BCUT2D eigenvalue weighted by molar-refractivity contribution is 9.10. The summed E-state index contributed by atoms with van der Waals surface area (Å²) < 4.78 is 28.5. The van der Waals surface area contributed by atoms with E-state index in [1.165, 1.54) is 12.8 Å². The first-order chi connectivity index (χ1) is 9.73. The average Bonchev–Trinajstić information content (AvgIpc) is 3.20. The van der Waals surface area contributed by atoms with Gasteiger partial charge in [0, 0.05) is 22.6 Å². The molecule has 21 heavy (non-hydrogen) atoms. The molecule has 1 aromatic carbocycles. The van der Waals surface area contributed by atoms with Crippen LogP contribution in [0.5, 0.6) is 0 Å². The van der Waals surface area contributed by atoms with E-state index < -0.39 is 15.6 Å². The fourth-order valence-corrected chi connectivity index (χ4v) is 4.40. The molecular formula is C15H23BrN2O2S. The molecule has 1 aromatic rings. The first-order valence-corrected chi connectivity index (χ1v) is 9.57. The number of halogens is 1. The van der Waals surface area contributed by atoms with Crippen LogP contribution < -0.4 is 10.0 Å². The van der Waals surface area contributed by atoms with Gasteiger partial charge in [0.05, 0.1) is 4.90 Å². The van der Waals surface area contributed by atoms with Crippen molar-refractivity contribution in [1.82, 2.24) is 10.0 Å². The van der Waals surface area contributed by atoms with Crippen LogP contribution in [0.3, 0.4) is 0 Å². The number of nitrogens with one attached hydrogen (secondary N) is 2. The number of hydrogen-bond donors (Lipinski definition) is 2. The first kappa shape index (κ1) is 16.9. The number of rotatable bonds is 7. The van der Waals surface area contributed by atoms with Gasteiger partial charge in [0.2, 0.25) is 10.0 Å². The van der Waals surface area contributed by atoms with Crippen LogP contribution in [-0.2, 0) is 16.6 Å². The van der Waals surface area contributed by atoms with Crippen LogP contribution >= 0.6 is 15.9 Å². The summed E-state index contributed by atoms with van der Waals surface area (Å²) in [5, 5.41) is 3.40. The minimum absolute atomic E-state index is 0.305. The molecule has 0 atom stereocenters. The molecule has 2 N–H and O–H groups in total. The minimum atomic E-state index is -3.53. The Labute approximate surface area is 135 Å². The van der Waals surface area contributed by atoms with Crippen LogP contribution in [0.25, 0.3) is 0 Å². The Morgan fingerprint density at radius 1 is 1.33 bits per heavy atom. The van der Waals surface area contributed by atoms with Crippen LogP contribution in [0.1, 0.15) is 45.6 Å². The lowest BCUT2D eigenvalue weighted by atomic mass is 10.0. The second-order valence-corrected chi connectivity index (χ2v) is 8.77. The molecule has 0 radical (unpaired) electrons. The van der Waals surface area contributed by atoms with Gasteiger partial charge >= 0.3 is 0 Å². The standard InChI is InChI=1S/C15H23BrN2O2S/c1-4-15(2,3)18-21(19,20)14-9-11(5-8-13(14)16)10-17-12-6-7-12/h5,8-9,12,17-18H,4,6-7,10H2,1-3H3. The third-order valence-corrected chi connectivity index (χ3v) is 6.44. The SMILES string of the molecule is CCC(C)(C)NS(=O)(=O)c1cc(CNC2CC2)ccc1Br. The first-order valence-electron chi connectivity index (χ1n) is 7.29. The maximum atomic E-state index is 12.6. The van der Waals surface area contributed by atoms with E-state index in [0.717, 1.165) is 12.0 Å². The molecule has 0 bridgehead atoms. The molecule has 0 aliphatic heterocycles. The minimum Gasteiger partial charge on any atom is -0.310 e. The van der Waals surface area contributed by atoms with Gasteiger partial charge in [0.25, 0.3) is 0 Å². The third kappa shape index (κ3) is 4.77. The molecular weight excluding hydrogens is 352 g/mol. The Morgan fingerprint density at radius 3 is 2.57 bits per heavy atom. The van der Waals surface area contributed by atoms with Crippen LogP contribution in [0.2, 0.25) is 0 Å². The highest BCUT2D eigenvalue weighted by atomic mass is 79.9. The summed E-state index contributed by atoms with van der Waals surface area (Å²) in [6.07, 6.45) is 3.16. The summed E-state index contributed by atoms with van der Waals surface area (Å²) in [5.74, 6) is 0. The topological polar surface area (TPSA) is 58.2 Å². The zero-order chi connectivity index (χ0) is 15.7. The van der Waals surface area contributed by atoms with E-state index >= 15 is 0 Å². The lowest BCUT2D eigenvalue weighted by Gasteiger charge is -2.24. The van der Waals surface area contributed by atoms with Crippen molar-refractivity contribution in [2.45, 2.75) is 63.1 Å². The molecule has 0 unspecified atom stereocenters. The quantitative estimate of drug-likeness (QED) is 0.770. The Kier molecular flexibility index (Phi) is 5.13.